The minimum Gasteiger partial charge on any atom is -0.390 e. The zero-order chi connectivity index (χ0) is 62.1. The average molecular weight is 1210 g/mol. The number of benzene rings is 4. The Hall–Kier alpha value is -6.24. The smallest absolute Gasteiger partial charge is 0.241 e. The SMILES string of the molecule is CC(C)(C)c1cccc(C2(NC[C@@H](O)[C@H](Cc3cc(F)cc(F)c3)Nc3ccnc(Cl)n3)CCCCC2)c1.CCCN(CCC)C(=O)CNc1nccc(N[C@@H](Cc2cc(F)cc(F)c2)[C@H](O)CNC2(c3cccc(C(C)(C)C)c3)CCCCC2)n1. The van der Waals surface area contributed by atoms with Crippen LogP contribution < -0.4 is 26.6 Å². The molecule has 86 heavy (non-hydrogen) atoms. The van der Waals surface area contributed by atoms with Crippen LogP contribution in [0, 0.1) is 23.3 Å². The van der Waals surface area contributed by atoms with Crippen molar-refractivity contribution >= 4 is 35.1 Å². The number of nitrogens with zero attached hydrogens (tertiary/aromatic N) is 5. The second-order valence-electron chi connectivity index (χ2n) is 25.5. The van der Waals surface area contributed by atoms with Crippen molar-refractivity contribution in [2.45, 2.75) is 191 Å². The highest BCUT2D eigenvalue weighted by Crippen LogP contribution is 2.40. The van der Waals surface area contributed by atoms with Crippen LogP contribution in [0.15, 0.2) is 109 Å². The Labute approximate surface area is 512 Å². The number of hydrogen-bond donors (Lipinski definition) is 7. The molecule has 0 spiro atoms. The summed E-state index contributed by atoms with van der Waals surface area (Å²) < 4.78 is 56.3. The van der Waals surface area contributed by atoms with Crippen molar-refractivity contribution in [3.8, 4) is 0 Å². The van der Waals surface area contributed by atoms with Crippen molar-refractivity contribution in [3.05, 3.63) is 171 Å². The van der Waals surface area contributed by atoms with Gasteiger partial charge >= 0.3 is 0 Å². The van der Waals surface area contributed by atoms with Crippen LogP contribution in [-0.2, 0) is 39.5 Å². The summed E-state index contributed by atoms with van der Waals surface area (Å²) in [5, 5.41) is 40.2. The number of aliphatic hydroxyl groups excluding tert-OH is 2. The molecule has 1 amide bonds. The van der Waals surface area contributed by atoms with Gasteiger partial charge in [0.25, 0.3) is 0 Å². The van der Waals surface area contributed by atoms with E-state index in [-0.39, 0.29) is 71.5 Å². The van der Waals surface area contributed by atoms with E-state index in [1.54, 1.807) is 18.3 Å². The first-order chi connectivity index (χ1) is 41.0. The van der Waals surface area contributed by atoms with Crippen LogP contribution in [0.4, 0.5) is 35.1 Å². The minimum absolute atomic E-state index is 0.00354. The largest absolute Gasteiger partial charge is 0.390 e. The van der Waals surface area contributed by atoms with Crippen LogP contribution in [-0.4, -0.2) is 98.0 Å². The molecular weight excluding hydrogens is 1120 g/mol. The standard InChI is InChI=1S/C38H54F2N6O2.C30H37ClF2N4O/c1-6-18-46(19-7-2)35(48)26-42-36-41-17-14-34(45-36)44-32(22-27-20-30(39)24-31(40)21-27)33(47)25-43-38(15-9-8-10-16-38)29-13-11-12-28(23-29)37(3,4)5;1-29(2,3)21-8-7-9-22(17-21)30(11-5-4-6-12-30)35-19-26(38)25(36-27-10-13-34-28(31)37-27)16-20-14-23(32)18-24(33)15-20/h11-14,17,20-21,23-24,32-33,43,47H,6-10,15-16,18-19,22,25-26H2,1-5H3,(H2,41,42,44,45);7-10,13-15,17-18,25-26,35,38H,4-6,11-12,16,19H2,1-3H3,(H,34,36,37)/t32-,33+;25-,26+/m00/s1. The molecule has 2 fully saturated rings. The molecule has 2 heterocycles. The number of nitrogens with one attached hydrogen (secondary N) is 5. The predicted octanol–water partition coefficient (Wildman–Crippen LogP) is 13.5. The number of rotatable bonds is 25. The lowest BCUT2D eigenvalue weighted by Crippen LogP contribution is -2.51. The second kappa shape index (κ2) is 31.1. The van der Waals surface area contributed by atoms with Gasteiger partial charge in [0.15, 0.2) is 0 Å². The molecule has 2 aliphatic carbocycles. The third-order valence-electron chi connectivity index (χ3n) is 16.6. The number of carbonyl (C=O) groups excluding carboxylic acids is 1. The number of hydrogen-bond acceptors (Lipinski definition) is 12. The topological polar surface area (TPSA) is 172 Å². The Bertz CT molecular complexity index is 3060. The van der Waals surface area contributed by atoms with E-state index in [0.717, 1.165) is 76.3 Å². The molecule has 0 aliphatic heterocycles. The summed E-state index contributed by atoms with van der Waals surface area (Å²) in [7, 11) is 0. The molecule has 466 valence electrons. The molecule has 18 heteroatoms. The highest BCUT2D eigenvalue weighted by Gasteiger charge is 2.37. The third kappa shape index (κ3) is 19.6. The highest BCUT2D eigenvalue weighted by molar-refractivity contribution is 6.28. The molecule has 0 unspecified atom stereocenters. The van der Waals surface area contributed by atoms with Gasteiger partial charge in [0.05, 0.1) is 30.8 Å². The van der Waals surface area contributed by atoms with Gasteiger partial charge in [0, 0.05) is 61.8 Å². The van der Waals surface area contributed by atoms with Crippen LogP contribution >= 0.6 is 11.6 Å². The number of carbonyl (C=O) groups is 1. The van der Waals surface area contributed by atoms with E-state index in [0.29, 0.717) is 35.9 Å². The molecule has 0 saturated heterocycles. The van der Waals surface area contributed by atoms with Crippen molar-refractivity contribution in [1.82, 2.24) is 35.5 Å². The Morgan fingerprint density at radius 2 is 1.01 bits per heavy atom. The maximum Gasteiger partial charge on any atom is 0.241 e. The Morgan fingerprint density at radius 3 is 1.42 bits per heavy atom. The van der Waals surface area contributed by atoms with E-state index in [4.69, 9.17) is 11.6 Å². The fourth-order valence-electron chi connectivity index (χ4n) is 11.9. The second-order valence-corrected chi connectivity index (χ2v) is 25.9. The van der Waals surface area contributed by atoms with Gasteiger partial charge in [-0.25, -0.2) is 32.5 Å². The fourth-order valence-corrected chi connectivity index (χ4v) is 12.1. The van der Waals surface area contributed by atoms with Crippen LogP contribution in [0.25, 0.3) is 0 Å². The van der Waals surface area contributed by atoms with Gasteiger partial charge in [-0.15, -0.1) is 0 Å². The lowest BCUT2D eigenvalue weighted by Gasteiger charge is -2.41. The number of amides is 1. The third-order valence-corrected chi connectivity index (χ3v) is 16.8. The normalized spacial score (nSPS) is 16.4. The molecule has 0 bridgehead atoms. The van der Waals surface area contributed by atoms with Crippen LogP contribution in [0.5, 0.6) is 0 Å². The van der Waals surface area contributed by atoms with Gasteiger partial charge in [-0.1, -0.05) is 142 Å². The van der Waals surface area contributed by atoms with Gasteiger partial charge in [-0.2, -0.15) is 4.98 Å². The lowest BCUT2D eigenvalue weighted by atomic mass is 9.74. The molecule has 4 aromatic carbocycles. The first-order valence-electron chi connectivity index (χ1n) is 30.8. The van der Waals surface area contributed by atoms with Gasteiger partial charge in [-0.05, 0) is 144 Å². The first-order valence-corrected chi connectivity index (χ1v) is 31.2. The number of anilines is 3. The maximum absolute atomic E-state index is 14.2. The summed E-state index contributed by atoms with van der Waals surface area (Å²) in [6.07, 6.45) is 13.9. The maximum atomic E-state index is 14.2. The van der Waals surface area contributed by atoms with Gasteiger partial charge in [0.2, 0.25) is 17.1 Å². The molecule has 13 nitrogen and oxygen atoms in total. The predicted molar refractivity (Wildman–Crippen MR) is 338 cm³/mol. The van der Waals surface area contributed by atoms with E-state index in [1.807, 2.05) is 18.7 Å². The van der Waals surface area contributed by atoms with E-state index in [2.05, 4.69) is 137 Å². The number of aromatic nitrogens is 4. The van der Waals surface area contributed by atoms with Gasteiger partial charge < -0.3 is 41.7 Å². The minimum atomic E-state index is -0.939. The van der Waals surface area contributed by atoms with Crippen LogP contribution in [0.1, 0.15) is 166 Å². The van der Waals surface area contributed by atoms with E-state index >= 15 is 0 Å². The van der Waals surface area contributed by atoms with Crippen molar-refractivity contribution in [2.24, 2.45) is 0 Å². The van der Waals surface area contributed by atoms with E-state index < -0.39 is 47.6 Å². The molecular formula is C68H91ClF4N10O3. The Morgan fingerprint density at radius 1 is 0.593 bits per heavy atom. The van der Waals surface area contributed by atoms with Crippen molar-refractivity contribution in [3.63, 3.8) is 0 Å². The van der Waals surface area contributed by atoms with Crippen molar-refractivity contribution < 1.29 is 32.6 Å². The average Bonchev–Trinajstić information content (AvgIpc) is 2.70. The number of aliphatic hydroxyl groups is 2. The molecule has 2 aliphatic rings. The van der Waals surface area contributed by atoms with Crippen LogP contribution in [0.2, 0.25) is 5.28 Å². The number of halogens is 5. The van der Waals surface area contributed by atoms with E-state index in [9.17, 15) is 32.6 Å². The van der Waals surface area contributed by atoms with E-state index in [1.165, 1.54) is 65.6 Å². The molecule has 6 aromatic rings. The Kier molecular flexibility index (Phi) is 24.3. The summed E-state index contributed by atoms with van der Waals surface area (Å²) in [4.78, 5) is 31.5. The molecule has 0 radical (unpaired) electrons. The fraction of sp³-hybridized carbons (Fsp3) is 0.515. The van der Waals surface area contributed by atoms with Crippen molar-refractivity contribution in [1.29, 1.82) is 0 Å². The molecule has 8 rings (SSSR count). The Balaban J connectivity index is 0.000000253. The summed E-state index contributed by atoms with van der Waals surface area (Å²) >= 11 is 5.97. The summed E-state index contributed by atoms with van der Waals surface area (Å²) in [6, 6.07) is 26.4. The first kappa shape index (κ1) is 67.3. The summed E-state index contributed by atoms with van der Waals surface area (Å²) in [6.45, 7) is 19.3. The highest BCUT2D eigenvalue weighted by atomic mass is 35.5. The van der Waals surface area contributed by atoms with Gasteiger partial charge in [-0.3, -0.25) is 4.79 Å². The zero-order valence-corrected chi connectivity index (χ0v) is 52.3. The van der Waals surface area contributed by atoms with Gasteiger partial charge in [0.1, 0.15) is 34.9 Å². The zero-order valence-electron chi connectivity index (χ0n) is 51.6. The molecule has 4 atom stereocenters. The molecule has 7 N–H and O–H groups in total. The van der Waals surface area contributed by atoms with Crippen molar-refractivity contribution in [2.75, 3.05) is 48.7 Å². The summed E-state index contributed by atoms with van der Waals surface area (Å²) in [5.74, 6) is -1.57. The molecule has 2 saturated carbocycles. The lowest BCUT2D eigenvalue weighted by molar-refractivity contribution is -0.129. The summed E-state index contributed by atoms with van der Waals surface area (Å²) in [5.41, 5.74) is 5.32. The quantitative estimate of drug-likeness (QED) is 0.0214. The molecule has 2 aromatic heterocycles. The van der Waals surface area contributed by atoms with Crippen LogP contribution in [0.3, 0.4) is 0 Å². The monoisotopic (exact) mass is 1210 g/mol.